The minimum atomic E-state index is 0.484. The molecule has 104 valence electrons. The summed E-state index contributed by atoms with van der Waals surface area (Å²) < 4.78 is 4.99. The number of rotatable bonds is 3. The summed E-state index contributed by atoms with van der Waals surface area (Å²) in [5.41, 5.74) is 8.71. The van der Waals surface area contributed by atoms with Crippen LogP contribution in [-0.2, 0) is 12.8 Å². The van der Waals surface area contributed by atoms with Crippen molar-refractivity contribution in [3.8, 4) is 17.4 Å². The molecule has 0 spiro atoms. The largest absolute Gasteiger partial charge is 0.480 e. The molecule has 0 saturated carbocycles. The summed E-state index contributed by atoms with van der Waals surface area (Å²) in [5.74, 6) is 1.65. The van der Waals surface area contributed by atoms with Gasteiger partial charge in [-0.15, -0.1) is 10.2 Å². The van der Waals surface area contributed by atoms with Crippen molar-refractivity contribution < 1.29 is 4.74 Å². The Labute approximate surface area is 117 Å². The average Bonchev–Trinajstić information content (AvgIpc) is 2.54. The molecule has 0 saturated heterocycles. The van der Waals surface area contributed by atoms with Crippen LogP contribution in [0.3, 0.4) is 0 Å². The van der Waals surface area contributed by atoms with E-state index in [0.29, 0.717) is 23.3 Å². The van der Waals surface area contributed by atoms with Gasteiger partial charge in [-0.05, 0) is 43.4 Å². The molecule has 2 heterocycles. The second-order valence-electron chi connectivity index (χ2n) is 4.97. The standard InChI is InChI=1S/C14H17N5O/c1-20-13-5-4-12(18-19-13)14-16-8-10-6-9(7-15)2-3-11(10)17-14/h4-5,8-9H,2-3,6-7,15H2,1H3. The number of ether oxygens (including phenoxy) is 1. The number of aryl methyl sites for hydroxylation is 1. The maximum absolute atomic E-state index is 5.74. The van der Waals surface area contributed by atoms with Gasteiger partial charge in [0.25, 0.3) is 0 Å². The molecule has 1 unspecified atom stereocenters. The number of hydrogen-bond acceptors (Lipinski definition) is 6. The van der Waals surface area contributed by atoms with Gasteiger partial charge in [-0.1, -0.05) is 0 Å². The minimum absolute atomic E-state index is 0.484. The molecule has 2 aromatic heterocycles. The third kappa shape index (κ3) is 2.46. The molecule has 0 aromatic carbocycles. The first kappa shape index (κ1) is 12.9. The Balaban J connectivity index is 1.88. The van der Waals surface area contributed by atoms with Gasteiger partial charge < -0.3 is 10.5 Å². The maximum Gasteiger partial charge on any atom is 0.233 e. The Morgan fingerprint density at radius 1 is 1.35 bits per heavy atom. The average molecular weight is 271 g/mol. The molecule has 6 heteroatoms. The van der Waals surface area contributed by atoms with Gasteiger partial charge in [0.2, 0.25) is 5.88 Å². The van der Waals surface area contributed by atoms with E-state index < -0.39 is 0 Å². The number of nitrogens with two attached hydrogens (primary N) is 1. The van der Waals surface area contributed by atoms with Gasteiger partial charge in [-0.3, -0.25) is 0 Å². The highest BCUT2D eigenvalue weighted by molar-refractivity contribution is 5.49. The van der Waals surface area contributed by atoms with E-state index in [1.54, 1.807) is 13.2 Å². The van der Waals surface area contributed by atoms with Crippen LogP contribution in [0.2, 0.25) is 0 Å². The van der Waals surface area contributed by atoms with Crippen molar-refractivity contribution in [3.63, 3.8) is 0 Å². The van der Waals surface area contributed by atoms with Crippen LogP contribution in [0.1, 0.15) is 17.7 Å². The Kier molecular flexibility index (Phi) is 3.56. The fraction of sp³-hybridized carbons (Fsp3) is 0.429. The number of hydrogen-bond donors (Lipinski definition) is 1. The second-order valence-corrected chi connectivity index (χ2v) is 4.97. The monoisotopic (exact) mass is 271 g/mol. The Morgan fingerprint density at radius 2 is 2.25 bits per heavy atom. The smallest absolute Gasteiger partial charge is 0.233 e. The van der Waals surface area contributed by atoms with Crippen molar-refractivity contribution in [3.05, 3.63) is 29.6 Å². The predicted octanol–water partition coefficient (Wildman–Crippen LogP) is 1.01. The fourth-order valence-electron chi connectivity index (χ4n) is 2.46. The molecule has 1 atom stereocenters. The number of aromatic nitrogens is 4. The molecule has 0 radical (unpaired) electrons. The lowest BCUT2D eigenvalue weighted by Gasteiger charge is -2.22. The SMILES string of the molecule is COc1ccc(-c2ncc3c(n2)CCC(CN)C3)nn1. The van der Waals surface area contributed by atoms with E-state index in [9.17, 15) is 0 Å². The number of fused-ring (bicyclic) bond motifs is 1. The number of methoxy groups -OCH3 is 1. The van der Waals surface area contributed by atoms with E-state index in [2.05, 4.69) is 20.2 Å². The molecule has 0 fully saturated rings. The van der Waals surface area contributed by atoms with Crippen LogP contribution in [0.4, 0.5) is 0 Å². The summed E-state index contributed by atoms with van der Waals surface area (Å²) in [4.78, 5) is 9.00. The van der Waals surface area contributed by atoms with Crippen LogP contribution >= 0.6 is 0 Å². The first-order chi connectivity index (χ1) is 9.80. The third-order valence-corrected chi connectivity index (χ3v) is 3.66. The van der Waals surface area contributed by atoms with Crippen molar-refractivity contribution in [1.29, 1.82) is 0 Å². The van der Waals surface area contributed by atoms with Crippen LogP contribution in [0.15, 0.2) is 18.3 Å². The van der Waals surface area contributed by atoms with Gasteiger partial charge in [0.15, 0.2) is 5.82 Å². The van der Waals surface area contributed by atoms with Crippen LogP contribution < -0.4 is 10.5 Å². The van der Waals surface area contributed by atoms with Gasteiger partial charge in [-0.25, -0.2) is 9.97 Å². The molecule has 0 bridgehead atoms. The van der Waals surface area contributed by atoms with E-state index in [4.69, 9.17) is 10.5 Å². The predicted molar refractivity (Wildman–Crippen MR) is 74.2 cm³/mol. The van der Waals surface area contributed by atoms with Crippen molar-refractivity contribution in [2.75, 3.05) is 13.7 Å². The third-order valence-electron chi connectivity index (χ3n) is 3.66. The lowest BCUT2D eigenvalue weighted by molar-refractivity contribution is 0.392. The molecule has 6 nitrogen and oxygen atoms in total. The normalized spacial score (nSPS) is 17.6. The summed E-state index contributed by atoms with van der Waals surface area (Å²) >= 11 is 0. The Morgan fingerprint density at radius 3 is 2.95 bits per heavy atom. The van der Waals surface area contributed by atoms with Crippen molar-refractivity contribution in [1.82, 2.24) is 20.2 Å². The number of nitrogens with zero attached hydrogens (tertiary/aromatic N) is 4. The summed E-state index contributed by atoms with van der Waals surface area (Å²) in [5, 5.41) is 8.02. The van der Waals surface area contributed by atoms with E-state index >= 15 is 0 Å². The zero-order valence-corrected chi connectivity index (χ0v) is 11.4. The van der Waals surface area contributed by atoms with E-state index in [1.165, 1.54) is 5.56 Å². The first-order valence-corrected chi connectivity index (χ1v) is 6.73. The molecular formula is C14H17N5O. The molecule has 2 N–H and O–H groups in total. The molecule has 3 rings (SSSR count). The van der Waals surface area contributed by atoms with Crippen molar-refractivity contribution in [2.24, 2.45) is 11.7 Å². The minimum Gasteiger partial charge on any atom is -0.480 e. The van der Waals surface area contributed by atoms with Gasteiger partial charge in [0, 0.05) is 18.0 Å². The Hall–Kier alpha value is -2.08. The maximum atomic E-state index is 5.74. The quantitative estimate of drug-likeness (QED) is 0.896. The van der Waals surface area contributed by atoms with Crippen LogP contribution in [-0.4, -0.2) is 33.8 Å². The Bertz CT molecular complexity index is 599. The summed E-state index contributed by atoms with van der Waals surface area (Å²) in [6.07, 6.45) is 4.91. The van der Waals surface area contributed by atoms with Crippen molar-refractivity contribution >= 4 is 0 Å². The fourth-order valence-corrected chi connectivity index (χ4v) is 2.46. The summed E-state index contributed by atoms with van der Waals surface area (Å²) in [7, 11) is 1.56. The van der Waals surface area contributed by atoms with E-state index in [0.717, 1.165) is 31.5 Å². The highest BCUT2D eigenvalue weighted by Crippen LogP contribution is 2.24. The lowest BCUT2D eigenvalue weighted by Crippen LogP contribution is -2.23. The molecule has 20 heavy (non-hydrogen) atoms. The van der Waals surface area contributed by atoms with Gasteiger partial charge >= 0.3 is 0 Å². The van der Waals surface area contributed by atoms with Crippen LogP contribution in [0.25, 0.3) is 11.5 Å². The lowest BCUT2D eigenvalue weighted by atomic mass is 9.87. The summed E-state index contributed by atoms with van der Waals surface area (Å²) in [6, 6.07) is 3.58. The van der Waals surface area contributed by atoms with E-state index in [1.807, 2.05) is 12.3 Å². The highest BCUT2D eigenvalue weighted by atomic mass is 16.5. The highest BCUT2D eigenvalue weighted by Gasteiger charge is 2.20. The zero-order chi connectivity index (χ0) is 13.9. The van der Waals surface area contributed by atoms with Gasteiger partial charge in [0.05, 0.1) is 7.11 Å². The van der Waals surface area contributed by atoms with Crippen LogP contribution in [0, 0.1) is 5.92 Å². The van der Waals surface area contributed by atoms with Crippen molar-refractivity contribution in [2.45, 2.75) is 19.3 Å². The van der Waals surface area contributed by atoms with Gasteiger partial charge in [0.1, 0.15) is 5.69 Å². The molecule has 1 aliphatic carbocycles. The van der Waals surface area contributed by atoms with E-state index in [-0.39, 0.29) is 0 Å². The molecule has 1 aliphatic rings. The molecule has 0 amide bonds. The first-order valence-electron chi connectivity index (χ1n) is 6.73. The molecule has 2 aromatic rings. The molecular weight excluding hydrogens is 254 g/mol. The van der Waals surface area contributed by atoms with Crippen LogP contribution in [0.5, 0.6) is 5.88 Å². The molecule has 0 aliphatic heterocycles. The second kappa shape index (κ2) is 5.50. The topological polar surface area (TPSA) is 86.8 Å². The van der Waals surface area contributed by atoms with Gasteiger partial charge in [-0.2, -0.15) is 0 Å². The summed E-state index contributed by atoms with van der Waals surface area (Å²) in [6.45, 7) is 0.727. The zero-order valence-electron chi connectivity index (χ0n) is 11.4.